The Morgan fingerprint density at radius 2 is 1.83 bits per heavy atom. The van der Waals surface area contributed by atoms with Crippen LogP contribution in [0.5, 0.6) is 0 Å². The molecule has 0 radical (unpaired) electrons. The Balaban J connectivity index is 3.30. The van der Waals surface area contributed by atoms with Crippen molar-refractivity contribution in [1.82, 2.24) is 5.32 Å². The van der Waals surface area contributed by atoms with E-state index >= 15 is 0 Å². The monoisotopic (exact) mass is 171 g/mol. The molecule has 3 nitrogen and oxygen atoms in total. The van der Waals surface area contributed by atoms with Crippen molar-refractivity contribution in [2.24, 2.45) is 0 Å². The van der Waals surface area contributed by atoms with Gasteiger partial charge in [-0.05, 0) is 6.42 Å². The number of carbonyl (C=O) groups excluding carboxylic acids is 2. The molecule has 1 N–H and O–H groups in total. The van der Waals surface area contributed by atoms with Crippen LogP contribution in [0.1, 0.15) is 39.5 Å². The predicted octanol–water partition coefficient (Wildman–Crippen LogP) is 1.27. The lowest BCUT2D eigenvalue weighted by Gasteiger charge is -2.01. The van der Waals surface area contributed by atoms with E-state index in [9.17, 15) is 9.59 Å². The summed E-state index contributed by atoms with van der Waals surface area (Å²) in [5.74, 6) is 0.244. The lowest BCUT2D eigenvalue weighted by Crippen LogP contribution is -2.24. The number of rotatable bonds is 6. The van der Waals surface area contributed by atoms with Crippen molar-refractivity contribution in [3.8, 4) is 0 Å². The molecule has 0 unspecified atom stereocenters. The molecule has 0 aromatic carbocycles. The van der Waals surface area contributed by atoms with Crippen LogP contribution in [0.4, 0.5) is 0 Å². The molecule has 0 aliphatic heterocycles. The van der Waals surface area contributed by atoms with Crippen LogP contribution in [0.15, 0.2) is 0 Å². The predicted molar refractivity (Wildman–Crippen MR) is 47.8 cm³/mol. The van der Waals surface area contributed by atoms with Gasteiger partial charge in [-0.1, -0.05) is 13.8 Å². The van der Waals surface area contributed by atoms with Gasteiger partial charge >= 0.3 is 0 Å². The van der Waals surface area contributed by atoms with E-state index in [2.05, 4.69) is 5.32 Å². The first-order valence-corrected chi connectivity index (χ1v) is 4.49. The molecule has 0 heterocycles. The third-order valence-corrected chi connectivity index (χ3v) is 1.58. The zero-order chi connectivity index (χ0) is 9.40. The van der Waals surface area contributed by atoms with Crippen molar-refractivity contribution >= 4 is 11.7 Å². The van der Waals surface area contributed by atoms with Crippen LogP contribution >= 0.6 is 0 Å². The SMILES string of the molecule is CCCC(=O)CCNC(=O)CC. The van der Waals surface area contributed by atoms with E-state index in [0.717, 1.165) is 6.42 Å². The highest BCUT2D eigenvalue weighted by molar-refractivity contribution is 5.80. The van der Waals surface area contributed by atoms with Crippen molar-refractivity contribution in [1.29, 1.82) is 0 Å². The number of Topliss-reactive ketones (excluding diaryl/α,β-unsaturated/α-hetero) is 1. The Morgan fingerprint density at radius 1 is 1.17 bits per heavy atom. The maximum absolute atomic E-state index is 11.0. The van der Waals surface area contributed by atoms with Crippen molar-refractivity contribution in [2.75, 3.05) is 6.54 Å². The molecule has 0 aliphatic carbocycles. The minimum Gasteiger partial charge on any atom is -0.356 e. The van der Waals surface area contributed by atoms with E-state index in [1.54, 1.807) is 6.92 Å². The second-order valence-corrected chi connectivity index (χ2v) is 2.74. The molecule has 0 aliphatic rings. The number of hydrogen-bond donors (Lipinski definition) is 1. The fraction of sp³-hybridized carbons (Fsp3) is 0.778. The lowest BCUT2D eigenvalue weighted by molar-refractivity contribution is -0.121. The molecule has 12 heavy (non-hydrogen) atoms. The first kappa shape index (κ1) is 11.1. The molecule has 0 rings (SSSR count). The minimum absolute atomic E-state index is 0.0132. The lowest BCUT2D eigenvalue weighted by atomic mass is 10.2. The number of carbonyl (C=O) groups is 2. The third kappa shape index (κ3) is 5.89. The summed E-state index contributed by atoms with van der Waals surface area (Å²) in [7, 11) is 0. The molecule has 0 bridgehead atoms. The molecule has 0 saturated heterocycles. The highest BCUT2D eigenvalue weighted by Crippen LogP contribution is 1.92. The second-order valence-electron chi connectivity index (χ2n) is 2.74. The van der Waals surface area contributed by atoms with Gasteiger partial charge in [0, 0.05) is 25.8 Å². The van der Waals surface area contributed by atoms with Gasteiger partial charge in [-0.2, -0.15) is 0 Å². The largest absolute Gasteiger partial charge is 0.356 e. The Hall–Kier alpha value is -0.860. The Kier molecular flexibility index (Phi) is 6.34. The molecule has 3 heteroatoms. The van der Waals surface area contributed by atoms with E-state index < -0.39 is 0 Å². The zero-order valence-electron chi connectivity index (χ0n) is 7.85. The van der Waals surface area contributed by atoms with Crippen LogP contribution in [-0.2, 0) is 9.59 Å². The van der Waals surface area contributed by atoms with E-state index in [1.807, 2.05) is 6.92 Å². The smallest absolute Gasteiger partial charge is 0.219 e. The normalized spacial score (nSPS) is 9.50. The molecule has 0 saturated carbocycles. The van der Waals surface area contributed by atoms with Gasteiger partial charge in [0.2, 0.25) is 5.91 Å². The standard InChI is InChI=1S/C9H17NO2/c1-3-5-8(11)6-7-10-9(12)4-2/h3-7H2,1-2H3,(H,10,12). The van der Waals surface area contributed by atoms with Crippen LogP contribution in [0, 0.1) is 0 Å². The number of nitrogens with one attached hydrogen (secondary N) is 1. The van der Waals surface area contributed by atoms with Crippen LogP contribution < -0.4 is 5.32 Å². The molecule has 0 aromatic rings. The first-order valence-electron chi connectivity index (χ1n) is 4.49. The van der Waals surface area contributed by atoms with Gasteiger partial charge in [-0.25, -0.2) is 0 Å². The second kappa shape index (κ2) is 6.83. The van der Waals surface area contributed by atoms with Crippen molar-refractivity contribution in [3.63, 3.8) is 0 Å². The fourth-order valence-corrected chi connectivity index (χ4v) is 0.870. The summed E-state index contributed by atoms with van der Waals surface area (Å²) in [6.07, 6.45) is 2.48. The van der Waals surface area contributed by atoms with Gasteiger partial charge in [0.25, 0.3) is 0 Å². The molecule has 0 fully saturated rings. The van der Waals surface area contributed by atoms with Crippen LogP contribution in [0.2, 0.25) is 0 Å². The molecule has 0 atom stereocenters. The van der Waals surface area contributed by atoms with Gasteiger partial charge in [0.05, 0.1) is 0 Å². The van der Waals surface area contributed by atoms with Crippen LogP contribution in [-0.4, -0.2) is 18.2 Å². The zero-order valence-corrected chi connectivity index (χ0v) is 7.85. The third-order valence-electron chi connectivity index (χ3n) is 1.58. The van der Waals surface area contributed by atoms with Crippen molar-refractivity contribution in [3.05, 3.63) is 0 Å². The Morgan fingerprint density at radius 3 is 2.33 bits per heavy atom. The van der Waals surface area contributed by atoms with E-state index in [1.165, 1.54) is 0 Å². The molecular formula is C9H17NO2. The average molecular weight is 171 g/mol. The summed E-state index contributed by atoms with van der Waals surface area (Å²) in [4.78, 5) is 21.7. The van der Waals surface area contributed by atoms with Crippen molar-refractivity contribution in [2.45, 2.75) is 39.5 Å². The maximum atomic E-state index is 11.0. The Bertz CT molecular complexity index is 155. The molecule has 70 valence electrons. The van der Waals surface area contributed by atoms with Crippen molar-refractivity contribution < 1.29 is 9.59 Å². The summed E-state index contributed by atoms with van der Waals surface area (Å²) in [5, 5.41) is 2.66. The molecule has 1 amide bonds. The van der Waals surface area contributed by atoms with E-state index in [4.69, 9.17) is 0 Å². The summed E-state index contributed by atoms with van der Waals surface area (Å²) in [6.45, 7) is 4.26. The molecule has 0 spiro atoms. The Labute approximate surface area is 73.5 Å². The van der Waals surface area contributed by atoms with E-state index in [-0.39, 0.29) is 11.7 Å². The van der Waals surface area contributed by atoms with Gasteiger partial charge in [-0.3, -0.25) is 9.59 Å². The molecular weight excluding hydrogens is 154 g/mol. The van der Waals surface area contributed by atoms with Crippen LogP contribution in [0.25, 0.3) is 0 Å². The van der Waals surface area contributed by atoms with E-state index in [0.29, 0.717) is 25.8 Å². The average Bonchev–Trinajstić information content (AvgIpc) is 2.04. The fourth-order valence-electron chi connectivity index (χ4n) is 0.870. The summed E-state index contributed by atoms with van der Waals surface area (Å²) in [6, 6.07) is 0. The topological polar surface area (TPSA) is 46.2 Å². The summed E-state index contributed by atoms with van der Waals surface area (Å²) in [5.41, 5.74) is 0. The molecule has 0 aromatic heterocycles. The number of amides is 1. The summed E-state index contributed by atoms with van der Waals surface area (Å²) >= 11 is 0. The van der Waals surface area contributed by atoms with Gasteiger partial charge in [0.1, 0.15) is 5.78 Å². The van der Waals surface area contributed by atoms with Gasteiger partial charge in [0.15, 0.2) is 0 Å². The minimum atomic E-state index is 0.0132. The maximum Gasteiger partial charge on any atom is 0.219 e. The highest BCUT2D eigenvalue weighted by Gasteiger charge is 2.00. The summed E-state index contributed by atoms with van der Waals surface area (Å²) < 4.78 is 0. The highest BCUT2D eigenvalue weighted by atomic mass is 16.1. The quantitative estimate of drug-likeness (QED) is 0.654. The van der Waals surface area contributed by atoms with Gasteiger partial charge in [-0.15, -0.1) is 0 Å². The number of ketones is 1. The van der Waals surface area contributed by atoms with Gasteiger partial charge < -0.3 is 5.32 Å². The van der Waals surface area contributed by atoms with Crippen LogP contribution in [0.3, 0.4) is 0 Å². The first-order chi connectivity index (χ1) is 5.70. The number of hydrogen-bond acceptors (Lipinski definition) is 2.